The highest BCUT2D eigenvalue weighted by molar-refractivity contribution is 7.61. The molecule has 53 heavy (non-hydrogen) atoms. The molecule has 1 N–H and O–H groups in total. The Bertz CT molecular complexity index is 1940. The van der Waals surface area contributed by atoms with E-state index in [9.17, 15) is 33.2 Å². The largest absolute Gasteiger partial charge is 0.510 e. The van der Waals surface area contributed by atoms with E-state index in [2.05, 4.69) is 5.16 Å². The lowest BCUT2D eigenvalue weighted by Gasteiger charge is -2.27. The molecule has 1 aliphatic rings. The predicted molar refractivity (Wildman–Crippen MR) is 181 cm³/mol. The summed E-state index contributed by atoms with van der Waals surface area (Å²) in [5, 5.41) is 4.63. The van der Waals surface area contributed by atoms with Crippen LogP contribution in [0.25, 0.3) is 11.0 Å². The Balaban J connectivity index is 1.47. The third-order valence-corrected chi connectivity index (χ3v) is 10.6. The van der Waals surface area contributed by atoms with Crippen LogP contribution in [-0.4, -0.2) is 69.0 Å². The number of carbonyl (C=O) groups excluding carboxylic acids is 2. The van der Waals surface area contributed by atoms with Crippen molar-refractivity contribution in [3.05, 3.63) is 63.1 Å². The van der Waals surface area contributed by atoms with Gasteiger partial charge in [-0.15, -0.1) is 0 Å². The summed E-state index contributed by atoms with van der Waals surface area (Å²) in [6.07, 6.45) is -7.59. The second kappa shape index (κ2) is 17.1. The predicted octanol–water partition coefficient (Wildman–Crippen LogP) is 5.60. The number of benzene rings is 1. The molecule has 5 atom stereocenters. The molecule has 0 bridgehead atoms. The Labute approximate surface area is 303 Å². The molecular formula is C31H43N3O17P2. The van der Waals surface area contributed by atoms with Crippen LogP contribution in [0.1, 0.15) is 73.7 Å². The fourth-order valence-corrected chi connectivity index (χ4v) is 7.72. The van der Waals surface area contributed by atoms with Crippen LogP contribution >= 0.6 is 15.6 Å². The number of para-hydroxylation sites is 1. The van der Waals surface area contributed by atoms with E-state index in [4.69, 9.17) is 46.1 Å². The van der Waals surface area contributed by atoms with Crippen molar-refractivity contribution in [1.82, 2.24) is 14.3 Å². The standard InChI is InChI=1S/C31H43N3O17P2/c1-18(2)43-29(37)45-20(5)49-53(41,50-21(6)46-30(38)44-19(3)4)51-52(39,40)42-17-25-31(7,8)15-27(47-25)33-14-13-26(35)34(28(33)36)16-23-22-11-9-10-12-24(22)48-32-23/h9-14,18-21,25,27H,15-17H2,1-8H3,(H,39,40)/t20?,21?,25-,27-,53?/m1/s1. The van der Waals surface area contributed by atoms with Crippen molar-refractivity contribution in [1.29, 1.82) is 0 Å². The molecule has 2 aromatic heterocycles. The number of phosphoric acid groups is 2. The summed E-state index contributed by atoms with van der Waals surface area (Å²) in [6, 6.07) is 8.17. The summed E-state index contributed by atoms with van der Waals surface area (Å²) in [5.74, 6) is 0. The van der Waals surface area contributed by atoms with Crippen molar-refractivity contribution >= 4 is 38.9 Å². The molecule has 20 nitrogen and oxygen atoms in total. The van der Waals surface area contributed by atoms with Crippen LogP contribution in [0.4, 0.5) is 9.59 Å². The lowest BCUT2D eigenvalue weighted by Crippen LogP contribution is -2.40. The van der Waals surface area contributed by atoms with Crippen LogP contribution in [0.3, 0.4) is 0 Å². The van der Waals surface area contributed by atoms with E-state index in [0.29, 0.717) is 16.7 Å². The third-order valence-electron chi connectivity index (χ3n) is 7.40. The van der Waals surface area contributed by atoms with Crippen LogP contribution in [0, 0.1) is 5.41 Å². The van der Waals surface area contributed by atoms with Crippen molar-refractivity contribution < 1.29 is 69.7 Å². The minimum absolute atomic E-state index is 0.182. The fraction of sp³-hybridized carbons (Fsp3) is 0.581. The number of ether oxygens (including phenoxy) is 5. The number of carbonyl (C=O) groups is 2. The topological polar surface area (TPSA) is 242 Å². The normalized spacial score (nSPS) is 20.4. The average molecular weight is 792 g/mol. The number of hydrogen-bond donors (Lipinski definition) is 1. The first kappa shape index (κ1) is 41.9. The summed E-state index contributed by atoms with van der Waals surface area (Å²) in [4.78, 5) is 60.9. The minimum Gasteiger partial charge on any atom is -0.432 e. The van der Waals surface area contributed by atoms with Gasteiger partial charge in [-0.25, -0.2) is 32.6 Å². The second-order valence-electron chi connectivity index (χ2n) is 13.0. The van der Waals surface area contributed by atoms with Gasteiger partial charge >= 0.3 is 33.6 Å². The molecule has 1 aliphatic heterocycles. The number of hydrogen-bond acceptors (Lipinski definition) is 17. The van der Waals surface area contributed by atoms with E-state index in [1.807, 2.05) is 0 Å². The molecule has 0 saturated carbocycles. The quantitative estimate of drug-likeness (QED) is 0.105. The van der Waals surface area contributed by atoms with E-state index >= 15 is 0 Å². The highest BCUT2D eigenvalue weighted by Gasteiger charge is 2.47. The molecule has 4 rings (SSSR count). The summed E-state index contributed by atoms with van der Waals surface area (Å²) in [5.41, 5.74) is -1.24. The van der Waals surface area contributed by atoms with E-state index in [1.54, 1.807) is 38.1 Å². The maximum atomic E-state index is 13.6. The number of nitrogens with zero attached hydrogens (tertiary/aromatic N) is 3. The highest BCUT2D eigenvalue weighted by atomic mass is 31.3. The highest BCUT2D eigenvalue weighted by Crippen LogP contribution is 2.65. The molecule has 0 amide bonds. The summed E-state index contributed by atoms with van der Waals surface area (Å²) < 4.78 is 79.9. The van der Waals surface area contributed by atoms with Crippen LogP contribution in [0.5, 0.6) is 0 Å². The molecule has 3 unspecified atom stereocenters. The minimum atomic E-state index is -5.38. The first-order valence-electron chi connectivity index (χ1n) is 16.4. The van der Waals surface area contributed by atoms with Gasteiger partial charge in [0.1, 0.15) is 11.9 Å². The number of fused-ring (bicyclic) bond motifs is 1. The monoisotopic (exact) mass is 791 g/mol. The van der Waals surface area contributed by atoms with Gasteiger partial charge < -0.3 is 33.1 Å². The van der Waals surface area contributed by atoms with Gasteiger partial charge in [0.2, 0.25) is 12.6 Å². The number of aromatic nitrogens is 3. The second-order valence-corrected chi connectivity index (χ2v) is 16.2. The molecule has 1 aromatic carbocycles. The molecule has 294 valence electrons. The molecule has 3 aromatic rings. The molecule has 1 fully saturated rings. The lowest BCUT2D eigenvalue weighted by molar-refractivity contribution is -0.101. The Kier molecular flexibility index (Phi) is 13.5. The van der Waals surface area contributed by atoms with Gasteiger partial charge in [-0.3, -0.25) is 18.5 Å². The van der Waals surface area contributed by atoms with Gasteiger partial charge in [-0.05, 0) is 59.1 Å². The van der Waals surface area contributed by atoms with Gasteiger partial charge in [0.05, 0.1) is 31.5 Å². The maximum absolute atomic E-state index is 13.6. The molecule has 0 radical (unpaired) electrons. The fourth-order valence-electron chi connectivity index (χ4n) is 5.02. The Morgan fingerprint density at radius 2 is 1.53 bits per heavy atom. The first-order chi connectivity index (χ1) is 24.7. The summed E-state index contributed by atoms with van der Waals surface area (Å²) in [6.45, 7) is 11.0. The van der Waals surface area contributed by atoms with Crippen molar-refractivity contribution in [3.63, 3.8) is 0 Å². The van der Waals surface area contributed by atoms with Crippen molar-refractivity contribution in [2.24, 2.45) is 5.41 Å². The number of rotatable bonds is 16. The smallest absolute Gasteiger partial charge is 0.432 e. The van der Waals surface area contributed by atoms with Crippen LogP contribution < -0.4 is 11.2 Å². The van der Waals surface area contributed by atoms with Crippen molar-refractivity contribution in [2.75, 3.05) is 6.61 Å². The van der Waals surface area contributed by atoms with E-state index in [-0.39, 0.29) is 13.0 Å². The molecular weight excluding hydrogens is 748 g/mol. The third kappa shape index (κ3) is 11.6. The van der Waals surface area contributed by atoms with Gasteiger partial charge in [-0.2, -0.15) is 4.31 Å². The average Bonchev–Trinajstić information content (AvgIpc) is 3.55. The van der Waals surface area contributed by atoms with Crippen LogP contribution in [0.2, 0.25) is 0 Å². The molecule has 22 heteroatoms. The Morgan fingerprint density at radius 1 is 0.943 bits per heavy atom. The maximum Gasteiger partial charge on any atom is 0.510 e. The molecule has 0 spiro atoms. The Morgan fingerprint density at radius 3 is 2.11 bits per heavy atom. The molecule has 3 heterocycles. The molecule has 1 saturated heterocycles. The van der Waals surface area contributed by atoms with E-state index in [0.717, 1.165) is 18.4 Å². The number of phosphoric ester groups is 2. The van der Waals surface area contributed by atoms with Crippen molar-refractivity contribution in [2.45, 2.75) is 105 Å². The van der Waals surface area contributed by atoms with Crippen LogP contribution in [-0.2, 0) is 57.2 Å². The zero-order valence-corrected chi connectivity index (χ0v) is 32.1. The lowest BCUT2D eigenvalue weighted by atomic mass is 9.85. The molecule has 0 aliphatic carbocycles. The van der Waals surface area contributed by atoms with Gasteiger partial charge in [-0.1, -0.05) is 31.1 Å². The zero-order valence-electron chi connectivity index (χ0n) is 30.3. The summed E-state index contributed by atoms with van der Waals surface area (Å²) >= 11 is 0. The summed E-state index contributed by atoms with van der Waals surface area (Å²) in [7, 11) is -10.7. The zero-order chi connectivity index (χ0) is 39.3. The van der Waals surface area contributed by atoms with Gasteiger partial charge in [0.25, 0.3) is 5.56 Å². The Hall–Kier alpha value is -3.87. The SMILES string of the molecule is CC(C)OC(=O)OC(C)OP(=O)(OC(C)OC(=O)OC(C)C)OP(=O)(O)OC[C@H]1O[C@@H](n2ccc(=O)n(Cc3noc4ccccc34)c2=O)CC1(C)C. The van der Waals surface area contributed by atoms with Gasteiger partial charge in [0, 0.05) is 24.1 Å². The first-order valence-corrected chi connectivity index (χ1v) is 19.3. The van der Waals surface area contributed by atoms with Crippen molar-refractivity contribution in [3.8, 4) is 0 Å². The van der Waals surface area contributed by atoms with Gasteiger partial charge in [0.15, 0.2) is 5.58 Å². The van der Waals surface area contributed by atoms with E-state index < -0.39 is 88.3 Å². The van der Waals surface area contributed by atoms with Crippen LogP contribution in [0.15, 0.2) is 50.6 Å². The van der Waals surface area contributed by atoms with E-state index in [1.165, 1.54) is 44.5 Å².